The van der Waals surface area contributed by atoms with E-state index in [2.05, 4.69) is 0 Å². The molecule has 0 saturated carbocycles. The SMILES string of the molecule is CCCC(C)N(C)S(=O)(=O)c1ccsc1CCl. The van der Waals surface area contributed by atoms with E-state index >= 15 is 0 Å². The zero-order valence-electron chi connectivity index (χ0n) is 10.3. The molecule has 1 aromatic rings. The summed E-state index contributed by atoms with van der Waals surface area (Å²) in [5.74, 6) is 0.238. The van der Waals surface area contributed by atoms with Crippen LogP contribution in [0, 0.1) is 0 Å². The molecule has 6 heteroatoms. The van der Waals surface area contributed by atoms with Crippen LogP contribution >= 0.6 is 22.9 Å². The molecule has 0 N–H and O–H groups in total. The lowest BCUT2D eigenvalue weighted by atomic mass is 10.2. The van der Waals surface area contributed by atoms with E-state index in [-0.39, 0.29) is 11.9 Å². The highest BCUT2D eigenvalue weighted by molar-refractivity contribution is 7.89. The van der Waals surface area contributed by atoms with Gasteiger partial charge in [0.1, 0.15) is 0 Å². The molecule has 0 saturated heterocycles. The van der Waals surface area contributed by atoms with Crippen LogP contribution in [-0.2, 0) is 15.9 Å². The summed E-state index contributed by atoms with van der Waals surface area (Å²) in [4.78, 5) is 1.06. The lowest BCUT2D eigenvalue weighted by Crippen LogP contribution is -2.35. The van der Waals surface area contributed by atoms with E-state index in [4.69, 9.17) is 11.6 Å². The lowest BCUT2D eigenvalue weighted by Gasteiger charge is -2.23. The maximum Gasteiger partial charge on any atom is 0.244 e. The van der Waals surface area contributed by atoms with Crippen LogP contribution in [0.2, 0.25) is 0 Å². The molecule has 0 aliphatic heterocycles. The average molecular weight is 296 g/mol. The van der Waals surface area contributed by atoms with Gasteiger partial charge in [-0.2, -0.15) is 4.31 Å². The van der Waals surface area contributed by atoms with E-state index in [1.54, 1.807) is 18.5 Å². The molecule has 98 valence electrons. The highest BCUT2D eigenvalue weighted by Crippen LogP contribution is 2.27. The number of hydrogen-bond donors (Lipinski definition) is 0. The fourth-order valence-electron chi connectivity index (χ4n) is 1.65. The largest absolute Gasteiger partial charge is 0.244 e. The zero-order chi connectivity index (χ0) is 13.1. The van der Waals surface area contributed by atoms with Gasteiger partial charge in [0.05, 0.1) is 10.8 Å². The number of rotatable bonds is 6. The molecule has 3 nitrogen and oxygen atoms in total. The van der Waals surface area contributed by atoms with Crippen molar-refractivity contribution in [2.75, 3.05) is 7.05 Å². The predicted molar refractivity (Wildman–Crippen MR) is 73.2 cm³/mol. The van der Waals surface area contributed by atoms with E-state index < -0.39 is 10.0 Å². The first-order valence-electron chi connectivity index (χ1n) is 5.55. The molecule has 1 unspecified atom stereocenters. The summed E-state index contributed by atoms with van der Waals surface area (Å²) in [5.41, 5.74) is 0. The molecule has 1 heterocycles. The van der Waals surface area contributed by atoms with Crippen molar-refractivity contribution in [2.45, 2.75) is 43.5 Å². The summed E-state index contributed by atoms with van der Waals surface area (Å²) in [5, 5.41) is 1.77. The van der Waals surface area contributed by atoms with Crippen LogP contribution in [0.15, 0.2) is 16.3 Å². The normalized spacial score (nSPS) is 14.2. The van der Waals surface area contributed by atoms with Gasteiger partial charge >= 0.3 is 0 Å². The first kappa shape index (κ1) is 15.0. The molecule has 1 atom stereocenters. The molecular formula is C11H18ClNO2S2. The molecule has 0 bridgehead atoms. The fraction of sp³-hybridized carbons (Fsp3) is 0.636. The Bertz CT molecular complexity index is 456. The maximum atomic E-state index is 12.4. The first-order valence-corrected chi connectivity index (χ1v) is 8.41. The van der Waals surface area contributed by atoms with Crippen LogP contribution in [0.25, 0.3) is 0 Å². The van der Waals surface area contributed by atoms with Gasteiger partial charge in [-0.15, -0.1) is 22.9 Å². The Morgan fingerprint density at radius 1 is 1.53 bits per heavy atom. The maximum absolute atomic E-state index is 12.4. The van der Waals surface area contributed by atoms with Gasteiger partial charge in [-0.05, 0) is 24.8 Å². The zero-order valence-corrected chi connectivity index (χ0v) is 12.7. The van der Waals surface area contributed by atoms with Gasteiger partial charge in [-0.3, -0.25) is 0 Å². The van der Waals surface area contributed by atoms with Crippen molar-refractivity contribution in [3.63, 3.8) is 0 Å². The summed E-state index contributed by atoms with van der Waals surface area (Å²) >= 11 is 7.13. The molecule has 0 spiro atoms. The van der Waals surface area contributed by atoms with Gasteiger partial charge in [0.2, 0.25) is 10.0 Å². The number of sulfonamides is 1. The molecule has 0 aliphatic rings. The van der Waals surface area contributed by atoms with Gasteiger partial charge in [0.15, 0.2) is 0 Å². The van der Waals surface area contributed by atoms with Gasteiger partial charge in [-0.1, -0.05) is 13.3 Å². The molecule has 1 rings (SSSR count). The third kappa shape index (κ3) is 3.22. The van der Waals surface area contributed by atoms with E-state index in [1.807, 2.05) is 13.8 Å². The van der Waals surface area contributed by atoms with Crippen molar-refractivity contribution in [1.29, 1.82) is 0 Å². The van der Waals surface area contributed by atoms with E-state index in [9.17, 15) is 8.42 Å². The minimum absolute atomic E-state index is 0.00748. The van der Waals surface area contributed by atoms with Crippen LogP contribution in [0.1, 0.15) is 31.6 Å². The lowest BCUT2D eigenvalue weighted by molar-refractivity contribution is 0.368. The number of alkyl halides is 1. The summed E-state index contributed by atoms with van der Waals surface area (Å²) in [6.45, 7) is 3.97. The van der Waals surface area contributed by atoms with Gasteiger partial charge < -0.3 is 0 Å². The minimum atomic E-state index is -3.40. The van der Waals surface area contributed by atoms with E-state index in [1.165, 1.54) is 15.6 Å². The Labute approximate surface area is 112 Å². The summed E-state index contributed by atoms with van der Waals surface area (Å²) < 4.78 is 26.2. The Hall–Kier alpha value is -0.100. The van der Waals surface area contributed by atoms with Crippen molar-refractivity contribution in [3.8, 4) is 0 Å². The average Bonchev–Trinajstić information content (AvgIpc) is 2.76. The second-order valence-corrected chi connectivity index (χ2v) is 7.23. The molecular weight excluding hydrogens is 278 g/mol. The van der Waals surface area contributed by atoms with Crippen LogP contribution in [0.4, 0.5) is 0 Å². The van der Waals surface area contributed by atoms with Crippen molar-refractivity contribution in [1.82, 2.24) is 4.31 Å². The van der Waals surface area contributed by atoms with Crippen LogP contribution in [0.5, 0.6) is 0 Å². The number of thiophene rings is 1. The van der Waals surface area contributed by atoms with E-state index in [0.29, 0.717) is 9.77 Å². The fourth-order valence-corrected chi connectivity index (χ4v) is 4.71. The molecule has 1 aromatic heterocycles. The molecule has 0 aliphatic carbocycles. The monoisotopic (exact) mass is 295 g/mol. The van der Waals surface area contributed by atoms with Crippen molar-refractivity contribution < 1.29 is 8.42 Å². The van der Waals surface area contributed by atoms with Gasteiger partial charge in [0.25, 0.3) is 0 Å². The number of hydrogen-bond acceptors (Lipinski definition) is 3. The van der Waals surface area contributed by atoms with Crippen molar-refractivity contribution in [3.05, 3.63) is 16.3 Å². The predicted octanol–water partition coefficient (Wildman–Crippen LogP) is 3.30. The quantitative estimate of drug-likeness (QED) is 0.755. The smallest absolute Gasteiger partial charge is 0.207 e. The minimum Gasteiger partial charge on any atom is -0.207 e. The number of nitrogens with zero attached hydrogens (tertiary/aromatic N) is 1. The van der Waals surface area contributed by atoms with Crippen LogP contribution in [0.3, 0.4) is 0 Å². The Morgan fingerprint density at radius 2 is 2.18 bits per heavy atom. The van der Waals surface area contributed by atoms with Crippen molar-refractivity contribution in [2.24, 2.45) is 0 Å². The van der Waals surface area contributed by atoms with Crippen LogP contribution in [-0.4, -0.2) is 25.8 Å². The third-order valence-electron chi connectivity index (χ3n) is 2.81. The summed E-state index contributed by atoms with van der Waals surface area (Å²) in [6, 6.07) is 1.64. The highest BCUT2D eigenvalue weighted by Gasteiger charge is 2.27. The third-order valence-corrected chi connectivity index (χ3v) is 6.34. The van der Waals surface area contributed by atoms with Gasteiger partial charge in [0, 0.05) is 18.0 Å². The molecule has 0 radical (unpaired) electrons. The summed E-state index contributed by atoms with van der Waals surface area (Å²) in [7, 11) is -1.77. The standard InChI is InChI=1S/C11H18ClNO2S2/c1-4-5-9(2)13(3)17(14,15)11-6-7-16-10(11)8-12/h6-7,9H,4-5,8H2,1-3H3. The molecule has 0 aromatic carbocycles. The molecule has 0 amide bonds. The second-order valence-electron chi connectivity index (χ2n) is 4.00. The van der Waals surface area contributed by atoms with Crippen LogP contribution < -0.4 is 0 Å². The second kappa shape index (κ2) is 6.18. The number of halogens is 1. The van der Waals surface area contributed by atoms with Gasteiger partial charge in [-0.25, -0.2) is 8.42 Å². The Balaban J connectivity index is 3.03. The Kier molecular flexibility index (Phi) is 5.44. The summed E-state index contributed by atoms with van der Waals surface area (Å²) in [6.07, 6.45) is 1.82. The van der Waals surface area contributed by atoms with Crippen molar-refractivity contribution >= 4 is 33.0 Å². The first-order chi connectivity index (χ1) is 7.95. The highest BCUT2D eigenvalue weighted by atomic mass is 35.5. The van der Waals surface area contributed by atoms with E-state index in [0.717, 1.165) is 12.8 Å². The molecule has 0 fully saturated rings. The Morgan fingerprint density at radius 3 is 2.71 bits per heavy atom. The molecule has 17 heavy (non-hydrogen) atoms. The topological polar surface area (TPSA) is 37.4 Å².